The van der Waals surface area contributed by atoms with Crippen molar-refractivity contribution in [3.63, 3.8) is 0 Å². The third kappa shape index (κ3) is 5.40. The van der Waals surface area contributed by atoms with Crippen LogP contribution in [0.1, 0.15) is 18.2 Å². The molecule has 1 N–H and O–H groups in total. The quantitative estimate of drug-likeness (QED) is 0.612. The highest BCUT2D eigenvalue weighted by molar-refractivity contribution is 9.10. The lowest BCUT2D eigenvalue weighted by Crippen LogP contribution is -2.33. The van der Waals surface area contributed by atoms with E-state index in [1.807, 2.05) is 12.1 Å². The van der Waals surface area contributed by atoms with Gasteiger partial charge in [0, 0.05) is 26.0 Å². The zero-order valence-electron chi connectivity index (χ0n) is 11.9. The summed E-state index contributed by atoms with van der Waals surface area (Å²) in [5.74, 6) is 0.736. The molecule has 1 heterocycles. The zero-order valence-corrected chi connectivity index (χ0v) is 15.2. The van der Waals surface area contributed by atoms with Crippen molar-refractivity contribution in [3.8, 4) is 0 Å². The lowest BCUT2D eigenvalue weighted by atomic mass is 10.2. The molecule has 0 aliphatic rings. The maximum atomic E-state index is 13.7. The van der Waals surface area contributed by atoms with Crippen molar-refractivity contribution in [1.29, 1.82) is 0 Å². The van der Waals surface area contributed by atoms with Crippen LogP contribution in [0.15, 0.2) is 45.1 Å². The van der Waals surface area contributed by atoms with Crippen LogP contribution in [0.2, 0.25) is 0 Å². The summed E-state index contributed by atoms with van der Waals surface area (Å²) in [4.78, 5) is 2.07. The Morgan fingerprint density at radius 2 is 2.14 bits per heavy atom. The third-order valence-corrected chi connectivity index (χ3v) is 6.24. The molecule has 0 saturated heterocycles. The van der Waals surface area contributed by atoms with Crippen LogP contribution in [0, 0.1) is 5.82 Å². The maximum absolute atomic E-state index is 13.7. The topological polar surface area (TPSA) is 12.0 Å². The Bertz CT molecular complexity index is 559. The van der Waals surface area contributed by atoms with Crippen molar-refractivity contribution >= 4 is 39.0 Å². The number of hydrogen-bond acceptors (Lipinski definition) is 3. The first kappa shape index (κ1) is 17.0. The Balaban J connectivity index is 1.96. The molecule has 114 valence electrons. The SMILES string of the molecule is CCCNC(CSc1ccccc1F)Cc1sccc1Br. The predicted molar refractivity (Wildman–Crippen MR) is 94.9 cm³/mol. The van der Waals surface area contributed by atoms with Crippen LogP contribution >= 0.6 is 39.0 Å². The summed E-state index contributed by atoms with van der Waals surface area (Å²) < 4.78 is 14.9. The Morgan fingerprint density at radius 1 is 1.33 bits per heavy atom. The molecule has 0 saturated carbocycles. The minimum atomic E-state index is -0.131. The largest absolute Gasteiger partial charge is 0.313 e. The minimum absolute atomic E-state index is 0.131. The van der Waals surface area contributed by atoms with Gasteiger partial charge in [-0.25, -0.2) is 4.39 Å². The highest BCUT2D eigenvalue weighted by atomic mass is 79.9. The van der Waals surface area contributed by atoms with E-state index in [4.69, 9.17) is 0 Å². The molecule has 2 aromatic rings. The van der Waals surface area contributed by atoms with Crippen molar-refractivity contribution in [2.75, 3.05) is 12.3 Å². The lowest BCUT2D eigenvalue weighted by molar-refractivity contribution is 0.551. The van der Waals surface area contributed by atoms with E-state index in [2.05, 4.69) is 39.6 Å². The predicted octanol–water partition coefficient (Wildman–Crippen LogP) is 5.35. The normalized spacial score (nSPS) is 12.5. The second-order valence-electron chi connectivity index (χ2n) is 4.79. The first-order valence-electron chi connectivity index (χ1n) is 7.03. The van der Waals surface area contributed by atoms with Crippen molar-refractivity contribution in [3.05, 3.63) is 50.9 Å². The molecule has 0 fully saturated rings. The molecule has 0 aliphatic heterocycles. The van der Waals surface area contributed by atoms with Crippen LogP contribution in [0.25, 0.3) is 0 Å². The first-order chi connectivity index (χ1) is 10.2. The van der Waals surface area contributed by atoms with Gasteiger partial charge in [-0.15, -0.1) is 23.1 Å². The average Bonchev–Trinajstić information content (AvgIpc) is 2.88. The van der Waals surface area contributed by atoms with Crippen LogP contribution in [0.4, 0.5) is 4.39 Å². The smallest absolute Gasteiger partial charge is 0.136 e. The van der Waals surface area contributed by atoms with E-state index in [0.717, 1.165) is 30.0 Å². The molecule has 1 aromatic heterocycles. The summed E-state index contributed by atoms with van der Waals surface area (Å²) in [6, 6.07) is 9.42. The molecule has 1 aromatic carbocycles. The number of nitrogens with one attached hydrogen (secondary N) is 1. The van der Waals surface area contributed by atoms with Gasteiger partial charge in [0.05, 0.1) is 0 Å². The fourth-order valence-electron chi connectivity index (χ4n) is 1.99. The van der Waals surface area contributed by atoms with Crippen LogP contribution in [0.3, 0.4) is 0 Å². The lowest BCUT2D eigenvalue weighted by Gasteiger charge is -2.18. The second-order valence-corrected chi connectivity index (χ2v) is 7.71. The second kappa shape index (κ2) is 8.93. The minimum Gasteiger partial charge on any atom is -0.313 e. The molecular weight excluding hydrogens is 369 g/mol. The van der Waals surface area contributed by atoms with E-state index in [0.29, 0.717) is 6.04 Å². The van der Waals surface area contributed by atoms with E-state index in [9.17, 15) is 4.39 Å². The molecule has 5 heteroatoms. The third-order valence-electron chi connectivity index (χ3n) is 3.08. The molecular formula is C16H19BrFNS2. The summed E-state index contributed by atoms with van der Waals surface area (Å²) in [7, 11) is 0. The van der Waals surface area contributed by atoms with E-state index in [1.54, 1.807) is 29.2 Å². The number of thioether (sulfide) groups is 1. The molecule has 1 unspecified atom stereocenters. The van der Waals surface area contributed by atoms with Crippen LogP contribution in [-0.4, -0.2) is 18.3 Å². The Hall–Kier alpha value is -0.360. The van der Waals surface area contributed by atoms with E-state index < -0.39 is 0 Å². The highest BCUT2D eigenvalue weighted by Gasteiger charge is 2.13. The van der Waals surface area contributed by atoms with Gasteiger partial charge in [0.15, 0.2) is 0 Å². The molecule has 21 heavy (non-hydrogen) atoms. The number of thiophene rings is 1. The van der Waals surface area contributed by atoms with Gasteiger partial charge in [0.2, 0.25) is 0 Å². The standard InChI is InChI=1S/C16H19BrFNS2/c1-2-8-19-12(10-16-13(17)7-9-20-16)11-21-15-6-4-3-5-14(15)18/h3-7,9,12,19H,2,8,10-11H2,1H3. The summed E-state index contributed by atoms with van der Waals surface area (Å²) in [5.41, 5.74) is 0. The van der Waals surface area contributed by atoms with E-state index in [1.165, 1.54) is 15.4 Å². The molecule has 0 spiro atoms. The van der Waals surface area contributed by atoms with Gasteiger partial charge in [-0.05, 0) is 58.9 Å². The summed E-state index contributed by atoms with van der Waals surface area (Å²) in [6.07, 6.45) is 2.08. The van der Waals surface area contributed by atoms with Crippen LogP contribution in [0.5, 0.6) is 0 Å². The monoisotopic (exact) mass is 387 g/mol. The highest BCUT2D eigenvalue weighted by Crippen LogP contribution is 2.27. The average molecular weight is 388 g/mol. The summed E-state index contributed by atoms with van der Waals surface area (Å²) in [6.45, 7) is 3.15. The van der Waals surface area contributed by atoms with Gasteiger partial charge in [-0.3, -0.25) is 0 Å². The van der Waals surface area contributed by atoms with Crippen molar-refractivity contribution in [2.24, 2.45) is 0 Å². The van der Waals surface area contributed by atoms with Crippen molar-refractivity contribution in [1.82, 2.24) is 5.32 Å². The van der Waals surface area contributed by atoms with Gasteiger partial charge >= 0.3 is 0 Å². The molecule has 0 bridgehead atoms. The molecule has 0 radical (unpaired) electrons. The molecule has 2 rings (SSSR count). The number of benzene rings is 1. The molecule has 1 nitrogen and oxygen atoms in total. The molecule has 0 amide bonds. The van der Waals surface area contributed by atoms with Gasteiger partial charge in [-0.1, -0.05) is 19.1 Å². The zero-order chi connectivity index (χ0) is 15.1. The van der Waals surface area contributed by atoms with Crippen LogP contribution in [-0.2, 0) is 6.42 Å². The fourth-order valence-corrected chi connectivity index (χ4v) is 4.58. The number of halogens is 2. The fraction of sp³-hybridized carbons (Fsp3) is 0.375. The Labute approximate surface area is 142 Å². The van der Waals surface area contributed by atoms with Gasteiger partial charge in [-0.2, -0.15) is 0 Å². The van der Waals surface area contributed by atoms with Gasteiger partial charge in [0.1, 0.15) is 5.82 Å². The maximum Gasteiger partial charge on any atom is 0.136 e. The van der Waals surface area contributed by atoms with E-state index in [-0.39, 0.29) is 5.82 Å². The van der Waals surface area contributed by atoms with Crippen molar-refractivity contribution < 1.29 is 4.39 Å². The van der Waals surface area contributed by atoms with Crippen molar-refractivity contribution in [2.45, 2.75) is 30.7 Å². The molecule has 1 atom stereocenters. The first-order valence-corrected chi connectivity index (χ1v) is 9.69. The number of hydrogen-bond donors (Lipinski definition) is 1. The number of rotatable bonds is 8. The molecule has 0 aliphatic carbocycles. The van der Waals surface area contributed by atoms with Crippen LogP contribution < -0.4 is 5.32 Å². The van der Waals surface area contributed by atoms with Gasteiger partial charge < -0.3 is 5.32 Å². The van der Waals surface area contributed by atoms with E-state index >= 15 is 0 Å². The summed E-state index contributed by atoms with van der Waals surface area (Å²) in [5, 5.41) is 5.66. The van der Waals surface area contributed by atoms with Gasteiger partial charge in [0.25, 0.3) is 0 Å². The Morgan fingerprint density at radius 3 is 2.81 bits per heavy atom. The Kier molecular flexibility index (Phi) is 7.23. The summed E-state index contributed by atoms with van der Waals surface area (Å²) >= 11 is 6.94.